The van der Waals surface area contributed by atoms with E-state index in [1.807, 2.05) is 0 Å². The van der Waals surface area contributed by atoms with E-state index < -0.39 is 42.3 Å². The first kappa shape index (κ1) is 24.5. The van der Waals surface area contributed by atoms with E-state index in [0.29, 0.717) is 18.3 Å². The molecule has 1 fully saturated rings. The summed E-state index contributed by atoms with van der Waals surface area (Å²) in [5, 5.41) is 2.46. The van der Waals surface area contributed by atoms with Gasteiger partial charge in [0.05, 0.1) is 29.9 Å². The van der Waals surface area contributed by atoms with Crippen molar-refractivity contribution in [3.8, 4) is 0 Å². The van der Waals surface area contributed by atoms with Crippen molar-refractivity contribution in [3.63, 3.8) is 0 Å². The van der Waals surface area contributed by atoms with Crippen molar-refractivity contribution in [2.75, 3.05) is 5.32 Å². The third kappa shape index (κ3) is 5.73. The lowest BCUT2D eigenvalue weighted by atomic mass is 10.1. The molecule has 2 amide bonds. The van der Waals surface area contributed by atoms with E-state index >= 15 is 0 Å². The molecule has 2 atom stereocenters. The van der Waals surface area contributed by atoms with Gasteiger partial charge >= 0.3 is 24.6 Å². The molecule has 0 radical (unpaired) electrons. The normalized spacial score (nSPS) is 18.2. The number of hydrogen-bond donors (Lipinski definition) is 1. The first-order valence-corrected chi connectivity index (χ1v) is 10.6. The summed E-state index contributed by atoms with van der Waals surface area (Å²) in [4.78, 5) is 34.8. The maximum Gasteiger partial charge on any atom is 0.417 e. The summed E-state index contributed by atoms with van der Waals surface area (Å²) in [7, 11) is 0. The number of fused-ring (bicyclic) bond motifs is 1. The van der Waals surface area contributed by atoms with Crippen LogP contribution >= 0.6 is 0 Å². The highest BCUT2D eigenvalue weighted by atomic mass is 19.4. The minimum Gasteiger partial charge on any atom is -0.323 e. The van der Waals surface area contributed by atoms with Crippen LogP contribution in [0.4, 0.5) is 27.6 Å². The number of aromatic nitrogens is 3. The zero-order valence-corrected chi connectivity index (χ0v) is 18.1. The van der Waals surface area contributed by atoms with Crippen molar-refractivity contribution < 1.29 is 36.3 Å². The molecule has 3 heterocycles. The topological polar surface area (TPSA) is 88.8 Å². The van der Waals surface area contributed by atoms with Gasteiger partial charge in [0.1, 0.15) is 5.65 Å². The average molecular weight is 497 g/mol. The second kappa shape index (κ2) is 9.94. The number of carbonyl (C=O) groups is 2. The number of anilines is 1. The molecule has 3 aromatic rings. The lowest BCUT2D eigenvalue weighted by Crippen LogP contribution is -2.49. The summed E-state index contributed by atoms with van der Waals surface area (Å²) in [6.07, 6.45) is 0.803. The van der Waals surface area contributed by atoms with Gasteiger partial charge in [0.2, 0.25) is 0 Å². The number of nitrogens with zero attached hydrogens (tertiary/aromatic N) is 4. The van der Waals surface area contributed by atoms with Gasteiger partial charge in [0.15, 0.2) is 0 Å². The van der Waals surface area contributed by atoms with E-state index in [1.54, 1.807) is 29.1 Å². The molecule has 3 aromatic heterocycles. The predicted octanol–water partition coefficient (Wildman–Crippen LogP) is 3.88. The van der Waals surface area contributed by atoms with Crippen LogP contribution in [-0.2, 0) is 27.0 Å². The van der Waals surface area contributed by atoms with Gasteiger partial charge in [-0.15, -0.1) is 0 Å². The van der Waals surface area contributed by atoms with Gasteiger partial charge in [-0.25, -0.2) is 4.98 Å². The highest BCUT2D eigenvalue weighted by molar-refractivity contribution is 6.39. The van der Waals surface area contributed by atoms with Gasteiger partial charge in [0, 0.05) is 36.5 Å². The Balaban J connectivity index is 1.57. The van der Waals surface area contributed by atoms with Crippen molar-refractivity contribution in [3.05, 3.63) is 60.3 Å². The van der Waals surface area contributed by atoms with Crippen LogP contribution < -0.4 is 5.32 Å². The largest absolute Gasteiger partial charge is 0.417 e. The number of pyridine rings is 2. The zero-order chi connectivity index (χ0) is 25.2. The molecule has 0 saturated heterocycles. The molecule has 0 bridgehead atoms. The van der Waals surface area contributed by atoms with Crippen molar-refractivity contribution in [1.82, 2.24) is 19.3 Å². The Morgan fingerprint density at radius 1 is 1.17 bits per heavy atom. The van der Waals surface area contributed by atoms with E-state index in [2.05, 4.69) is 20.0 Å². The number of nitrogens with one attached hydrogen (secondary N) is 1. The molecule has 0 aromatic carbocycles. The van der Waals surface area contributed by atoms with Crippen LogP contribution in [0.25, 0.3) is 5.65 Å². The number of alkyl halides is 5. The average Bonchev–Trinajstić information content (AvgIpc) is 3.45. The Labute approximate surface area is 195 Å². The fourth-order valence-corrected chi connectivity index (χ4v) is 4.06. The molecule has 35 heavy (non-hydrogen) atoms. The van der Waals surface area contributed by atoms with Crippen molar-refractivity contribution in [1.29, 1.82) is 0 Å². The number of amides is 2. The number of ether oxygens (including phenoxy) is 1. The number of imidazole rings is 1. The second-order valence-corrected chi connectivity index (χ2v) is 7.96. The third-order valence-corrected chi connectivity index (χ3v) is 5.69. The zero-order valence-electron chi connectivity index (χ0n) is 18.1. The van der Waals surface area contributed by atoms with Crippen LogP contribution in [0, 0.1) is 0 Å². The Kier molecular flexibility index (Phi) is 6.96. The smallest absolute Gasteiger partial charge is 0.323 e. The minimum absolute atomic E-state index is 0.0562. The number of halogens is 5. The monoisotopic (exact) mass is 497 g/mol. The van der Waals surface area contributed by atoms with Gasteiger partial charge in [-0.2, -0.15) is 22.0 Å². The van der Waals surface area contributed by atoms with E-state index in [-0.39, 0.29) is 30.8 Å². The third-order valence-electron chi connectivity index (χ3n) is 5.69. The lowest BCUT2D eigenvalue weighted by molar-refractivity contribution is -0.178. The standard InChI is InChI=1S/C22H20F5N5O3/c23-21(24)35-17-3-1-2-16(17)32(12-15-5-4-13(11-29-15)22(25,26)27)20(34)19(33)30-14-6-8-31-9-7-28-18(31)10-14/h4-11,16-17,21H,1-3,12H2,(H,30,33)/t16-,17?/m1/s1. The molecule has 0 aliphatic heterocycles. The summed E-state index contributed by atoms with van der Waals surface area (Å²) >= 11 is 0. The summed E-state index contributed by atoms with van der Waals surface area (Å²) in [5.41, 5.74) is -0.129. The fraction of sp³-hybridized carbons (Fsp3) is 0.364. The molecular formula is C22H20F5N5O3. The molecule has 1 saturated carbocycles. The molecule has 1 aliphatic rings. The van der Waals surface area contributed by atoms with E-state index in [1.165, 1.54) is 6.07 Å². The molecule has 1 N–H and O–H groups in total. The minimum atomic E-state index is -4.60. The summed E-state index contributed by atoms with van der Waals surface area (Å²) in [6.45, 7) is -3.45. The van der Waals surface area contributed by atoms with E-state index in [9.17, 15) is 31.5 Å². The molecule has 186 valence electrons. The Bertz CT molecular complexity index is 1200. The molecule has 0 spiro atoms. The van der Waals surface area contributed by atoms with Gasteiger partial charge in [-0.1, -0.05) is 0 Å². The van der Waals surface area contributed by atoms with Gasteiger partial charge < -0.3 is 19.4 Å². The van der Waals surface area contributed by atoms with Gasteiger partial charge in [-0.05, 0) is 37.5 Å². The predicted molar refractivity (Wildman–Crippen MR) is 112 cm³/mol. The molecule has 1 aliphatic carbocycles. The SMILES string of the molecule is O=C(Nc1ccn2ccnc2c1)C(=O)N(Cc1ccc(C(F)(F)F)cn1)[C@@H]1CCCC1OC(F)F. The quantitative estimate of drug-likeness (QED) is 0.413. The van der Waals surface area contributed by atoms with Crippen LogP contribution in [0.2, 0.25) is 0 Å². The van der Waals surface area contributed by atoms with E-state index in [4.69, 9.17) is 0 Å². The van der Waals surface area contributed by atoms with Crippen molar-refractivity contribution in [2.24, 2.45) is 0 Å². The van der Waals surface area contributed by atoms with Crippen LogP contribution in [0.5, 0.6) is 0 Å². The maximum absolute atomic E-state index is 13.2. The maximum atomic E-state index is 13.2. The molecule has 8 nitrogen and oxygen atoms in total. The lowest BCUT2D eigenvalue weighted by Gasteiger charge is -2.32. The van der Waals surface area contributed by atoms with Gasteiger partial charge in [-0.3, -0.25) is 14.6 Å². The van der Waals surface area contributed by atoms with E-state index in [0.717, 1.165) is 17.0 Å². The summed E-state index contributed by atoms with van der Waals surface area (Å²) in [6, 6.07) is 4.06. The number of hydrogen-bond acceptors (Lipinski definition) is 5. The van der Waals surface area contributed by atoms with Crippen molar-refractivity contribution in [2.45, 2.75) is 50.7 Å². The number of rotatable bonds is 6. The second-order valence-electron chi connectivity index (χ2n) is 7.96. The van der Waals surface area contributed by atoms with Crippen LogP contribution in [0.1, 0.15) is 30.5 Å². The molecule has 13 heteroatoms. The highest BCUT2D eigenvalue weighted by Crippen LogP contribution is 2.31. The molecular weight excluding hydrogens is 477 g/mol. The first-order valence-electron chi connectivity index (χ1n) is 10.6. The Morgan fingerprint density at radius 2 is 1.97 bits per heavy atom. The number of carbonyl (C=O) groups excluding carboxylic acids is 2. The summed E-state index contributed by atoms with van der Waals surface area (Å²) in [5.74, 6) is -2.10. The first-order chi connectivity index (χ1) is 16.6. The fourth-order valence-electron chi connectivity index (χ4n) is 4.06. The Morgan fingerprint density at radius 3 is 2.66 bits per heavy atom. The molecule has 4 rings (SSSR count). The van der Waals surface area contributed by atoms with Gasteiger partial charge in [0.25, 0.3) is 0 Å². The Hall–Kier alpha value is -3.61. The van der Waals surface area contributed by atoms with Crippen LogP contribution in [0.3, 0.4) is 0 Å². The summed E-state index contributed by atoms with van der Waals surface area (Å²) < 4.78 is 70.8. The van der Waals surface area contributed by atoms with Crippen LogP contribution in [0.15, 0.2) is 49.1 Å². The van der Waals surface area contributed by atoms with Crippen LogP contribution in [-0.4, -0.2) is 49.8 Å². The van der Waals surface area contributed by atoms with Crippen molar-refractivity contribution >= 4 is 23.1 Å². The molecule has 1 unspecified atom stereocenters. The highest BCUT2D eigenvalue weighted by Gasteiger charge is 2.39.